The molecule has 2 heterocycles. The van der Waals surface area contributed by atoms with Crippen molar-refractivity contribution in [1.82, 2.24) is 10.2 Å². The van der Waals surface area contributed by atoms with Crippen molar-refractivity contribution in [3.63, 3.8) is 0 Å². The molecule has 0 amide bonds. The molecule has 122 valence electrons. The summed E-state index contributed by atoms with van der Waals surface area (Å²) in [5.41, 5.74) is 0. The lowest BCUT2D eigenvalue weighted by molar-refractivity contribution is -0.163. The van der Waals surface area contributed by atoms with Gasteiger partial charge in [0, 0.05) is 25.9 Å². The Balaban J connectivity index is 1.48. The van der Waals surface area contributed by atoms with E-state index in [4.69, 9.17) is 9.47 Å². The van der Waals surface area contributed by atoms with E-state index in [0.717, 1.165) is 31.9 Å². The minimum absolute atomic E-state index is 0.199. The van der Waals surface area contributed by atoms with E-state index in [-0.39, 0.29) is 11.9 Å². The Morgan fingerprint density at radius 3 is 2.76 bits per heavy atom. The first-order chi connectivity index (χ1) is 10.3. The van der Waals surface area contributed by atoms with Gasteiger partial charge in [-0.2, -0.15) is 0 Å². The van der Waals surface area contributed by atoms with Crippen LogP contribution in [0, 0.1) is 5.92 Å². The minimum Gasteiger partial charge on any atom is -0.347 e. The molecule has 1 saturated carbocycles. The van der Waals surface area contributed by atoms with Crippen LogP contribution in [-0.2, 0) is 9.47 Å². The van der Waals surface area contributed by atoms with Gasteiger partial charge in [0.2, 0.25) is 0 Å². The van der Waals surface area contributed by atoms with Gasteiger partial charge >= 0.3 is 0 Å². The first-order valence-electron chi connectivity index (χ1n) is 9.04. The molecular weight excluding hydrogens is 264 g/mol. The molecule has 4 nitrogen and oxygen atoms in total. The van der Waals surface area contributed by atoms with Gasteiger partial charge in [0.25, 0.3) is 0 Å². The second kappa shape index (κ2) is 7.40. The molecule has 3 aliphatic rings. The van der Waals surface area contributed by atoms with Gasteiger partial charge in [0.05, 0.1) is 12.7 Å². The van der Waals surface area contributed by atoms with Gasteiger partial charge in [0.15, 0.2) is 5.79 Å². The summed E-state index contributed by atoms with van der Waals surface area (Å²) in [6, 6.07) is 0. The molecule has 0 aromatic carbocycles. The first-order valence-corrected chi connectivity index (χ1v) is 9.04. The van der Waals surface area contributed by atoms with E-state index in [1.54, 1.807) is 0 Å². The molecule has 3 fully saturated rings. The second-order valence-electron chi connectivity index (χ2n) is 7.14. The van der Waals surface area contributed by atoms with Gasteiger partial charge in [0.1, 0.15) is 0 Å². The molecule has 4 heteroatoms. The third-order valence-electron chi connectivity index (χ3n) is 5.20. The third kappa shape index (κ3) is 4.19. The number of hydrogen-bond donors (Lipinski definition) is 1. The fraction of sp³-hybridized carbons (Fsp3) is 1.00. The van der Waals surface area contributed by atoms with Crippen LogP contribution >= 0.6 is 0 Å². The fourth-order valence-electron chi connectivity index (χ4n) is 4.19. The lowest BCUT2D eigenvalue weighted by atomic mass is 9.99. The number of nitrogens with zero attached hydrogens (tertiary/aromatic N) is 1. The Labute approximate surface area is 129 Å². The number of piperidine rings is 1. The van der Waals surface area contributed by atoms with Crippen LogP contribution in [0.25, 0.3) is 0 Å². The maximum Gasteiger partial charge on any atom is 0.168 e. The molecule has 0 bridgehead atoms. The number of rotatable bonds is 6. The highest BCUT2D eigenvalue weighted by Crippen LogP contribution is 2.39. The predicted molar refractivity (Wildman–Crippen MR) is 84.3 cm³/mol. The van der Waals surface area contributed by atoms with E-state index in [2.05, 4.69) is 17.1 Å². The molecule has 0 aromatic heterocycles. The summed E-state index contributed by atoms with van der Waals surface area (Å²) in [6.07, 6.45) is 8.94. The second-order valence-corrected chi connectivity index (χ2v) is 7.14. The number of hydrogen-bond acceptors (Lipinski definition) is 4. The molecule has 2 unspecified atom stereocenters. The van der Waals surface area contributed by atoms with E-state index in [1.807, 2.05) is 0 Å². The maximum absolute atomic E-state index is 6.30. The van der Waals surface area contributed by atoms with E-state index < -0.39 is 0 Å². The molecule has 1 spiro atoms. The standard InChI is InChI=1S/C17H32N2O2/c1-2-10-19(12-15-6-5-9-18-11-15)13-16-14-20-17(21-16)7-3-4-8-17/h15-16,18H,2-14H2,1H3. The zero-order chi connectivity index (χ0) is 14.5. The molecule has 0 radical (unpaired) electrons. The van der Waals surface area contributed by atoms with Crippen molar-refractivity contribution >= 4 is 0 Å². The summed E-state index contributed by atoms with van der Waals surface area (Å²) >= 11 is 0. The normalized spacial score (nSPS) is 32.3. The lowest BCUT2D eigenvalue weighted by Crippen LogP contribution is -2.42. The Bertz CT molecular complexity index is 312. The highest BCUT2D eigenvalue weighted by atomic mass is 16.7. The van der Waals surface area contributed by atoms with Crippen LogP contribution in [0.3, 0.4) is 0 Å². The molecule has 1 N–H and O–H groups in total. The fourth-order valence-corrected chi connectivity index (χ4v) is 4.19. The average Bonchev–Trinajstić information content (AvgIpc) is 3.11. The zero-order valence-corrected chi connectivity index (χ0v) is 13.6. The van der Waals surface area contributed by atoms with Crippen LogP contribution in [0.2, 0.25) is 0 Å². The largest absolute Gasteiger partial charge is 0.347 e. The Morgan fingerprint density at radius 1 is 1.19 bits per heavy atom. The quantitative estimate of drug-likeness (QED) is 0.816. The van der Waals surface area contributed by atoms with Crippen LogP contribution in [-0.4, -0.2) is 56.1 Å². The first kappa shape index (κ1) is 15.7. The van der Waals surface area contributed by atoms with E-state index in [9.17, 15) is 0 Å². The molecule has 2 atom stereocenters. The van der Waals surface area contributed by atoms with Gasteiger partial charge in [-0.05, 0) is 57.7 Å². The summed E-state index contributed by atoms with van der Waals surface area (Å²) in [4.78, 5) is 2.61. The molecule has 0 aromatic rings. The molecule has 2 saturated heterocycles. The van der Waals surface area contributed by atoms with E-state index in [1.165, 1.54) is 58.3 Å². The summed E-state index contributed by atoms with van der Waals surface area (Å²) in [5.74, 6) is 0.614. The number of nitrogens with one attached hydrogen (secondary N) is 1. The van der Waals surface area contributed by atoms with Gasteiger partial charge < -0.3 is 19.7 Å². The van der Waals surface area contributed by atoms with E-state index >= 15 is 0 Å². The smallest absolute Gasteiger partial charge is 0.168 e. The molecule has 1 aliphatic carbocycles. The SMILES string of the molecule is CCCN(CC1CCCNC1)CC1COC2(CCCC2)O1. The third-order valence-corrected chi connectivity index (χ3v) is 5.20. The number of ether oxygens (including phenoxy) is 2. The van der Waals surface area contributed by atoms with Crippen molar-refractivity contribution in [1.29, 1.82) is 0 Å². The van der Waals surface area contributed by atoms with Crippen molar-refractivity contribution in [2.45, 2.75) is 63.8 Å². The van der Waals surface area contributed by atoms with Crippen LogP contribution in [0.1, 0.15) is 51.9 Å². The van der Waals surface area contributed by atoms with Crippen LogP contribution < -0.4 is 5.32 Å². The maximum atomic E-state index is 6.30. The zero-order valence-electron chi connectivity index (χ0n) is 13.6. The van der Waals surface area contributed by atoms with Gasteiger partial charge in [-0.3, -0.25) is 0 Å². The van der Waals surface area contributed by atoms with Crippen molar-refractivity contribution in [2.24, 2.45) is 5.92 Å². The molecule has 2 aliphatic heterocycles. The Hall–Kier alpha value is -0.160. The minimum atomic E-state index is -0.199. The summed E-state index contributed by atoms with van der Waals surface area (Å²) in [5, 5.41) is 3.53. The highest BCUT2D eigenvalue weighted by molar-refractivity contribution is 4.85. The van der Waals surface area contributed by atoms with Crippen molar-refractivity contribution in [2.75, 3.05) is 39.3 Å². The van der Waals surface area contributed by atoms with Crippen LogP contribution in [0.4, 0.5) is 0 Å². The van der Waals surface area contributed by atoms with Crippen LogP contribution in [0.5, 0.6) is 0 Å². The van der Waals surface area contributed by atoms with Crippen molar-refractivity contribution in [3.8, 4) is 0 Å². The van der Waals surface area contributed by atoms with Crippen molar-refractivity contribution in [3.05, 3.63) is 0 Å². The lowest BCUT2D eigenvalue weighted by Gasteiger charge is -2.31. The molecular formula is C17H32N2O2. The Morgan fingerprint density at radius 2 is 2.05 bits per heavy atom. The monoisotopic (exact) mass is 296 g/mol. The molecule has 21 heavy (non-hydrogen) atoms. The summed E-state index contributed by atoms with van der Waals surface area (Å²) < 4.78 is 12.3. The van der Waals surface area contributed by atoms with Gasteiger partial charge in [-0.15, -0.1) is 0 Å². The predicted octanol–water partition coefficient (Wildman–Crippen LogP) is 2.38. The van der Waals surface area contributed by atoms with Crippen LogP contribution in [0.15, 0.2) is 0 Å². The summed E-state index contributed by atoms with van der Waals surface area (Å²) in [7, 11) is 0. The van der Waals surface area contributed by atoms with E-state index in [0.29, 0.717) is 0 Å². The molecule has 3 rings (SSSR count). The van der Waals surface area contributed by atoms with Crippen molar-refractivity contribution < 1.29 is 9.47 Å². The van der Waals surface area contributed by atoms with Gasteiger partial charge in [-0.1, -0.05) is 6.92 Å². The topological polar surface area (TPSA) is 33.7 Å². The average molecular weight is 296 g/mol. The summed E-state index contributed by atoms with van der Waals surface area (Å²) in [6.45, 7) is 8.90. The Kier molecular flexibility index (Phi) is 5.54. The highest BCUT2D eigenvalue weighted by Gasteiger charge is 2.43. The van der Waals surface area contributed by atoms with Gasteiger partial charge in [-0.25, -0.2) is 0 Å².